The lowest BCUT2D eigenvalue weighted by atomic mass is 9.95. The number of nitrogens with two attached hydrogens (primary N) is 1. The number of fused-ring (bicyclic) bond motifs is 3. The molecule has 0 aliphatic carbocycles. The molecule has 2 aromatic carbocycles. The molecule has 3 fully saturated rings. The highest BCUT2D eigenvalue weighted by Crippen LogP contribution is 2.46. The van der Waals surface area contributed by atoms with Gasteiger partial charge in [-0.1, -0.05) is 17.9 Å². The molecule has 254 valence electrons. The fraction of sp³-hybridized carbons (Fsp3) is 0.438. The molecular formula is C32H31F6N7O2S. The highest BCUT2D eigenvalue weighted by Gasteiger charge is 2.49. The van der Waals surface area contributed by atoms with Gasteiger partial charge in [-0.3, -0.25) is 9.69 Å². The predicted molar refractivity (Wildman–Crippen MR) is 170 cm³/mol. The van der Waals surface area contributed by atoms with Gasteiger partial charge in [0.2, 0.25) is 5.91 Å². The quantitative estimate of drug-likeness (QED) is 0.187. The summed E-state index contributed by atoms with van der Waals surface area (Å²) >= 11 is 0.734. The Bertz CT molecular complexity index is 1950. The van der Waals surface area contributed by atoms with Gasteiger partial charge in [0.15, 0.2) is 10.9 Å². The van der Waals surface area contributed by atoms with Crippen LogP contribution in [-0.2, 0) is 11.0 Å². The predicted octanol–water partition coefficient (Wildman–Crippen LogP) is 5.96. The number of carbonyl (C=O) groups excluding carboxylic acids is 1. The lowest BCUT2D eigenvalue weighted by Gasteiger charge is -2.31. The first-order valence-electron chi connectivity index (χ1n) is 15.4. The molecule has 0 unspecified atom stereocenters. The molecule has 4 aromatic rings. The molecule has 3 saturated heterocycles. The Kier molecular flexibility index (Phi) is 7.93. The Hall–Kier alpha value is -4.18. The van der Waals surface area contributed by atoms with E-state index < -0.39 is 52.2 Å². The van der Waals surface area contributed by atoms with Crippen molar-refractivity contribution in [3.05, 3.63) is 48.1 Å². The number of hydrogen-bond acceptors (Lipinski definition) is 9. The smallest absolute Gasteiger partial charge is 0.417 e. The van der Waals surface area contributed by atoms with Crippen LogP contribution in [0, 0.1) is 11.6 Å². The maximum atomic E-state index is 16.9. The van der Waals surface area contributed by atoms with Gasteiger partial charge in [-0.2, -0.15) is 23.1 Å². The number of thiazole rings is 1. The maximum Gasteiger partial charge on any atom is 0.417 e. The van der Waals surface area contributed by atoms with Crippen LogP contribution < -0.4 is 15.4 Å². The third-order valence-electron chi connectivity index (χ3n) is 9.74. The lowest BCUT2D eigenvalue weighted by molar-refractivity contribution is -0.137. The number of nitrogen functional groups attached to an aromatic ring is 1. The van der Waals surface area contributed by atoms with Crippen LogP contribution in [0.1, 0.15) is 31.2 Å². The zero-order valence-electron chi connectivity index (χ0n) is 25.8. The van der Waals surface area contributed by atoms with Crippen LogP contribution in [0.15, 0.2) is 30.9 Å². The van der Waals surface area contributed by atoms with E-state index in [9.17, 15) is 26.7 Å². The average Bonchev–Trinajstić information content (AvgIpc) is 3.82. The van der Waals surface area contributed by atoms with Crippen molar-refractivity contribution in [2.45, 2.75) is 49.6 Å². The molecule has 0 radical (unpaired) electrons. The van der Waals surface area contributed by atoms with E-state index in [2.05, 4.69) is 21.5 Å². The number of benzene rings is 2. The minimum Gasteiger partial charge on any atom is -0.461 e. The maximum absolute atomic E-state index is 16.9. The highest BCUT2D eigenvalue weighted by molar-refractivity contribution is 7.22. The molecule has 2 N–H and O–H groups in total. The fourth-order valence-electron chi connectivity index (χ4n) is 7.41. The number of carbonyl (C=O) groups is 1. The Morgan fingerprint density at radius 1 is 1.21 bits per heavy atom. The normalized spacial score (nSPS) is 22.9. The van der Waals surface area contributed by atoms with Crippen molar-refractivity contribution in [2.75, 3.05) is 50.5 Å². The first kappa shape index (κ1) is 32.4. The van der Waals surface area contributed by atoms with E-state index in [1.807, 2.05) is 4.90 Å². The summed E-state index contributed by atoms with van der Waals surface area (Å²) in [5.41, 5.74) is 1.99. The second-order valence-electron chi connectivity index (χ2n) is 12.6. The summed E-state index contributed by atoms with van der Waals surface area (Å²) in [5, 5.41) is -0.343. The summed E-state index contributed by atoms with van der Waals surface area (Å²) in [6.07, 6.45) is -2.70. The molecule has 0 spiro atoms. The van der Waals surface area contributed by atoms with Crippen molar-refractivity contribution in [3.8, 4) is 17.1 Å². The van der Waals surface area contributed by atoms with Gasteiger partial charge in [0.1, 0.15) is 29.9 Å². The van der Waals surface area contributed by atoms with Crippen molar-refractivity contribution in [2.24, 2.45) is 0 Å². The summed E-state index contributed by atoms with van der Waals surface area (Å²) in [6, 6.07) is 2.06. The first-order valence-corrected chi connectivity index (χ1v) is 16.2. The fourth-order valence-corrected chi connectivity index (χ4v) is 8.18. The van der Waals surface area contributed by atoms with Gasteiger partial charge in [-0.15, -0.1) is 0 Å². The molecule has 3 aliphatic heterocycles. The van der Waals surface area contributed by atoms with Crippen LogP contribution >= 0.6 is 11.3 Å². The molecule has 9 nitrogen and oxygen atoms in total. The Morgan fingerprint density at radius 3 is 2.75 bits per heavy atom. The summed E-state index contributed by atoms with van der Waals surface area (Å²) in [6.45, 7) is 5.08. The summed E-state index contributed by atoms with van der Waals surface area (Å²) < 4.78 is 96.4. The van der Waals surface area contributed by atoms with E-state index >= 15 is 4.39 Å². The van der Waals surface area contributed by atoms with E-state index in [4.69, 9.17) is 10.5 Å². The van der Waals surface area contributed by atoms with Gasteiger partial charge in [0.05, 0.1) is 21.3 Å². The van der Waals surface area contributed by atoms with Gasteiger partial charge < -0.3 is 20.3 Å². The van der Waals surface area contributed by atoms with Crippen LogP contribution in [0.3, 0.4) is 0 Å². The van der Waals surface area contributed by atoms with Crippen LogP contribution in [0.25, 0.3) is 32.2 Å². The van der Waals surface area contributed by atoms with Gasteiger partial charge in [-0.25, -0.2) is 18.2 Å². The third kappa shape index (κ3) is 5.38. The summed E-state index contributed by atoms with van der Waals surface area (Å²) in [7, 11) is 1.60. The number of amides is 1. The zero-order valence-corrected chi connectivity index (χ0v) is 26.6. The lowest BCUT2D eigenvalue weighted by Crippen LogP contribution is -2.43. The van der Waals surface area contributed by atoms with Gasteiger partial charge >= 0.3 is 12.2 Å². The van der Waals surface area contributed by atoms with Crippen molar-refractivity contribution in [1.82, 2.24) is 24.8 Å². The Labute approximate surface area is 275 Å². The van der Waals surface area contributed by atoms with Crippen LogP contribution in [0.2, 0.25) is 0 Å². The van der Waals surface area contributed by atoms with E-state index in [0.29, 0.717) is 25.9 Å². The van der Waals surface area contributed by atoms with E-state index in [-0.39, 0.29) is 70.2 Å². The average molecular weight is 692 g/mol. The zero-order chi connectivity index (χ0) is 34.1. The molecular weight excluding hydrogens is 660 g/mol. The number of nitrogens with zero attached hydrogens (tertiary/aromatic N) is 6. The van der Waals surface area contributed by atoms with E-state index in [1.54, 1.807) is 16.8 Å². The number of likely N-dealkylation sites (tertiary alicyclic amines) is 1. The number of likely N-dealkylation sites (N-methyl/N-ethyl adjacent to an activating group) is 1. The summed E-state index contributed by atoms with van der Waals surface area (Å²) in [4.78, 5) is 30.3. The standard InChI is InChI=1S/C32H31F6N7O2S/c1-3-22(46)44-10-7-17(14-44)43(2)28-19-11-20(32(36,37)38)23(18-5-6-21(34)27-26(18)40-29(39)48-27)24(35)25(19)41-30(42-28)47-15-31-8-4-9-45(31)13-16(33)12-31/h3,5-6,11,16-17H,1,4,7-10,12-15H2,2H3,(H2,39,40)/t16-,17-,31+/m1/s1. The molecule has 0 bridgehead atoms. The largest absolute Gasteiger partial charge is 0.461 e. The molecule has 0 saturated carbocycles. The minimum atomic E-state index is -5.06. The number of ether oxygens (including phenoxy) is 1. The molecule has 5 heterocycles. The molecule has 16 heteroatoms. The van der Waals surface area contributed by atoms with Gasteiger partial charge in [0.25, 0.3) is 0 Å². The molecule has 2 aromatic heterocycles. The number of halogens is 6. The number of hydrogen-bond donors (Lipinski definition) is 1. The van der Waals surface area contributed by atoms with Crippen LogP contribution in [0.4, 0.5) is 37.3 Å². The third-order valence-corrected chi connectivity index (χ3v) is 10.6. The first-order chi connectivity index (χ1) is 22.8. The van der Waals surface area contributed by atoms with Gasteiger partial charge in [0, 0.05) is 55.7 Å². The SMILES string of the molecule is C=CC(=O)N1CC[C@@H](N(C)c2nc(OC[C@@]34CCCN3C[C@H](F)C4)nc3c(F)c(-c4ccc(F)c5sc(N)nc45)c(C(F)(F)F)cc23)C1. The van der Waals surface area contributed by atoms with Gasteiger partial charge in [-0.05, 0) is 50.1 Å². The van der Waals surface area contributed by atoms with Crippen LogP contribution in [-0.4, -0.2) is 88.2 Å². The Morgan fingerprint density at radius 2 is 2.00 bits per heavy atom. The summed E-state index contributed by atoms with van der Waals surface area (Å²) in [5.74, 6) is -2.43. The number of rotatable bonds is 7. The topological polar surface area (TPSA) is 101 Å². The van der Waals surface area contributed by atoms with Crippen molar-refractivity contribution in [1.29, 1.82) is 0 Å². The number of anilines is 2. The Balaban J connectivity index is 1.41. The molecule has 48 heavy (non-hydrogen) atoms. The minimum absolute atomic E-state index is 0.00107. The van der Waals surface area contributed by atoms with Crippen molar-refractivity contribution in [3.63, 3.8) is 0 Å². The number of alkyl halides is 4. The monoisotopic (exact) mass is 691 g/mol. The highest BCUT2D eigenvalue weighted by atomic mass is 32.1. The second-order valence-corrected chi connectivity index (χ2v) is 13.6. The van der Waals surface area contributed by atoms with Crippen LogP contribution in [0.5, 0.6) is 6.01 Å². The van der Waals surface area contributed by atoms with E-state index in [1.165, 1.54) is 6.08 Å². The molecule has 3 aliphatic rings. The molecule has 7 rings (SSSR count). The number of aromatic nitrogens is 3. The van der Waals surface area contributed by atoms with Crippen molar-refractivity contribution < 1.29 is 35.9 Å². The van der Waals surface area contributed by atoms with E-state index in [0.717, 1.165) is 36.0 Å². The molecule has 1 amide bonds. The second kappa shape index (κ2) is 11.8. The van der Waals surface area contributed by atoms with Crippen molar-refractivity contribution >= 4 is 49.3 Å². The molecule has 3 atom stereocenters.